The van der Waals surface area contributed by atoms with E-state index < -0.39 is 27.8 Å². The molecule has 2 aliphatic heterocycles. The predicted octanol–water partition coefficient (Wildman–Crippen LogP) is 2.07. The number of carbonyl (C=O) groups is 1. The minimum Gasteiger partial charge on any atom is -0.486 e. The molecule has 29 heavy (non-hydrogen) atoms. The Hall–Kier alpha value is -2.65. The van der Waals surface area contributed by atoms with Crippen LogP contribution in [-0.2, 0) is 21.4 Å². The van der Waals surface area contributed by atoms with Crippen molar-refractivity contribution < 1.29 is 27.1 Å². The van der Waals surface area contributed by atoms with Gasteiger partial charge < -0.3 is 14.8 Å². The Labute approximate surface area is 168 Å². The number of nitrogens with one attached hydrogen (secondary N) is 1. The zero-order chi connectivity index (χ0) is 20.4. The molecule has 1 fully saturated rings. The van der Waals surface area contributed by atoms with E-state index in [1.54, 1.807) is 24.3 Å². The van der Waals surface area contributed by atoms with Gasteiger partial charge in [0.15, 0.2) is 11.5 Å². The molecule has 1 unspecified atom stereocenters. The van der Waals surface area contributed by atoms with Crippen LogP contribution in [0.15, 0.2) is 47.4 Å². The number of fused-ring (bicyclic) bond motifs is 1. The number of hydrogen-bond acceptors (Lipinski definition) is 5. The minimum atomic E-state index is -3.89. The average Bonchev–Trinajstić information content (AvgIpc) is 3.23. The average molecular weight is 420 g/mol. The van der Waals surface area contributed by atoms with Crippen LogP contribution in [0.4, 0.5) is 4.39 Å². The summed E-state index contributed by atoms with van der Waals surface area (Å²) in [4.78, 5) is 12.7. The second-order valence-electron chi connectivity index (χ2n) is 6.89. The lowest BCUT2D eigenvalue weighted by Gasteiger charge is -2.24. The highest BCUT2D eigenvalue weighted by atomic mass is 32.2. The fourth-order valence-corrected chi connectivity index (χ4v) is 5.22. The van der Waals surface area contributed by atoms with Crippen LogP contribution in [-0.4, -0.2) is 44.4 Å². The maximum Gasteiger partial charge on any atom is 0.243 e. The molecule has 2 aromatic rings. The van der Waals surface area contributed by atoms with E-state index >= 15 is 0 Å². The molecule has 2 heterocycles. The third kappa shape index (κ3) is 3.92. The van der Waals surface area contributed by atoms with Gasteiger partial charge in [-0.05, 0) is 31.0 Å². The number of hydrogen-bond donors (Lipinski definition) is 1. The van der Waals surface area contributed by atoms with Gasteiger partial charge >= 0.3 is 0 Å². The van der Waals surface area contributed by atoms with Gasteiger partial charge in [0.1, 0.15) is 25.1 Å². The molecule has 0 bridgehead atoms. The van der Waals surface area contributed by atoms with E-state index in [9.17, 15) is 17.6 Å². The molecule has 1 saturated heterocycles. The van der Waals surface area contributed by atoms with Crippen molar-refractivity contribution in [3.05, 3.63) is 53.8 Å². The summed E-state index contributed by atoms with van der Waals surface area (Å²) >= 11 is 0. The molecule has 1 atom stereocenters. The zero-order valence-corrected chi connectivity index (χ0v) is 16.5. The smallest absolute Gasteiger partial charge is 0.243 e. The molecule has 154 valence electrons. The second kappa shape index (κ2) is 8.00. The summed E-state index contributed by atoms with van der Waals surface area (Å²) in [7, 11) is -3.89. The van der Waals surface area contributed by atoms with Crippen molar-refractivity contribution in [1.29, 1.82) is 0 Å². The first-order chi connectivity index (χ1) is 14.0. The summed E-state index contributed by atoms with van der Waals surface area (Å²) in [5.74, 6) is 0.0136. The Morgan fingerprint density at radius 2 is 1.90 bits per heavy atom. The molecule has 1 N–H and O–H groups in total. The Bertz CT molecular complexity index is 1030. The standard InChI is InChI=1S/C20H21FN2O5S/c21-16-5-2-1-4-14(16)13-22-20(24)17-6-3-9-23(17)29(25,26)15-7-8-18-19(12-15)28-11-10-27-18/h1-2,4-5,7-8,12,17H,3,6,9-11,13H2,(H,22,24). The number of sulfonamides is 1. The highest BCUT2D eigenvalue weighted by Gasteiger charge is 2.39. The number of amides is 1. The van der Waals surface area contributed by atoms with Gasteiger partial charge in [0.05, 0.1) is 4.90 Å². The molecule has 4 rings (SSSR count). The maximum atomic E-state index is 13.8. The minimum absolute atomic E-state index is 0.0000811. The molecule has 7 nitrogen and oxygen atoms in total. The normalized spacial score (nSPS) is 19.1. The van der Waals surface area contributed by atoms with Crippen molar-refractivity contribution >= 4 is 15.9 Å². The number of benzene rings is 2. The molecule has 2 aromatic carbocycles. The Morgan fingerprint density at radius 3 is 2.69 bits per heavy atom. The summed E-state index contributed by atoms with van der Waals surface area (Å²) in [5.41, 5.74) is 0.347. The van der Waals surface area contributed by atoms with E-state index in [0.29, 0.717) is 43.1 Å². The summed E-state index contributed by atoms with van der Waals surface area (Å²) in [5, 5.41) is 2.66. The van der Waals surface area contributed by atoms with Gasteiger partial charge in [0.2, 0.25) is 15.9 Å². The number of nitrogens with zero attached hydrogens (tertiary/aromatic N) is 1. The van der Waals surface area contributed by atoms with Crippen LogP contribution in [0.25, 0.3) is 0 Å². The Balaban J connectivity index is 1.51. The quantitative estimate of drug-likeness (QED) is 0.801. The van der Waals surface area contributed by atoms with Gasteiger partial charge in [-0.25, -0.2) is 12.8 Å². The Morgan fingerprint density at radius 1 is 1.14 bits per heavy atom. The van der Waals surface area contributed by atoms with Crippen molar-refractivity contribution in [2.24, 2.45) is 0 Å². The lowest BCUT2D eigenvalue weighted by atomic mass is 10.2. The topological polar surface area (TPSA) is 84.9 Å². The van der Waals surface area contributed by atoms with Gasteiger partial charge in [-0.3, -0.25) is 4.79 Å². The van der Waals surface area contributed by atoms with E-state index in [-0.39, 0.29) is 18.0 Å². The molecular weight excluding hydrogens is 399 g/mol. The maximum absolute atomic E-state index is 13.8. The van der Waals surface area contributed by atoms with Crippen LogP contribution in [0.5, 0.6) is 11.5 Å². The third-order valence-electron chi connectivity index (χ3n) is 5.04. The van der Waals surface area contributed by atoms with E-state index in [1.807, 2.05) is 0 Å². The number of ether oxygens (including phenoxy) is 2. The summed E-state index contributed by atoms with van der Waals surface area (Å²) in [6.45, 7) is 1.01. The molecule has 0 saturated carbocycles. The van der Waals surface area contributed by atoms with Crippen molar-refractivity contribution in [2.45, 2.75) is 30.3 Å². The molecule has 0 spiro atoms. The van der Waals surface area contributed by atoms with Crippen molar-refractivity contribution in [2.75, 3.05) is 19.8 Å². The van der Waals surface area contributed by atoms with E-state index in [0.717, 1.165) is 0 Å². The molecular formula is C20H21FN2O5S. The van der Waals surface area contributed by atoms with Gasteiger partial charge in [-0.2, -0.15) is 4.31 Å². The lowest BCUT2D eigenvalue weighted by Crippen LogP contribution is -2.45. The van der Waals surface area contributed by atoms with Crippen LogP contribution in [0.3, 0.4) is 0 Å². The summed E-state index contributed by atoms with van der Waals surface area (Å²) in [6.07, 6.45) is 0.981. The highest BCUT2D eigenvalue weighted by molar-refractivity contribution is 7.89. The molecule has 2 aliphatic rings. The highest BCUT2D eigenvalue weighted by Crippen LogP contribution is 2.34. The molecule has 0 radical (unpaired) electrons. The van der Waals surface area contributed by atoms with E-state index in [4.69, 9.17) is 9.47 Å². The van der Waals surface area contributed by atoms with Gasteiger partial charge in [-0.1, -0.05) is 18.2 Å². The second-order valence-corrected chi connectivity index (χ2v) is 8.78. The van der Waals surface area contributed by atoms with Gasteiger partial charge in [-0.15, -0.1) is 0 Å². The fraction of sp³-hybridized carbons (Fsp3) is 0.350. The monoisotopic (exact) mass is 420 g/mol. The van der Waals surface area contributed by atoms with Crippen LogP contribution < -0.4 is 14.8 Å². The summed E-state index contributed by atoms with van der Waals surface area (Å²) < 4.78 is 52.2. The van der Waals surface area contributed by atoms with E-state index in [1.165, 1.54) is 22.5 Å². The van der Waals surface area contributed by atoms with Crippen LogP contribution >= 0.6 is 0 Å². The first-order valence-electron chi connectivity index (χ1n) is 9.39. The number of halogens is 1. The van der Waals surface area contributed by atoms with Gasteiger partial charge in [0, 0.05) is 24.7 Å². The lowest BCUT2D eigenvalue weighted by molar-refractivity contribution is -0.124. The van der Waals surface area contributed by atoms with Crippen molar-refractivity contribution in [1.82, 2.24) is 9.62 Å². The third-order valence-corrected chi connectivity index (χ3v) is 6.94. The van der Waals surface area contributed by atoms with Gasteiger partial charge in [0.25, 0.3) is 0 Å². The molecule has 0 aromatic heterocycles. The molecule has 0 aliphatic carbocycles. The number of rotatable bonds is 5. The van der Waals surface area contributed by atoms with Crippen molar-refractivity contribution in [3.63, 3.8) is 0 Å². The first-order valence-corrected chi connectivity index (χ1v) is 10.8. The molecule has 1 amide bonds. The first kappa shape index (κ1) is 19.7. The van der Waals surface area contributed by atoms with Crippen LogP contribution in [0, 0.1) is 5.82 Å². The largest absolute Gasteiger partial charge is 0.486 e. The summed E-state index contributed by atoms with van der Waals surface area (Å²) in [6, 6.07) is 9.75. The van der Waals surface area contributed by atoms with Crippen molar-refractivity contribution in [3.8, 4) is 11.5 Å². The van der Waals surface area contributed by atoms with Crippen LogP contribution in [0.1, 0.15) is 18.4 Å². The molecule has 9 heteroatoms. The Kier molecular flexibility index (Phi) is 5.42. The SMILES string of the molecule is O=C(NCc1ccccc1F)C1CCCN1S(=O)(=O)c1ccc2c(c1)OCCO2. The number of carbonyl (C=O) groups excluding carboxylic acids is 1. The zero-order valence-electron chi connectivity index (χ0n) is 15.6. The fourth-order valence-electron chi connectivity index (χ4n) is 3.55. The predicted molar refractivity (Wildman–Crippen MR) is 103 cm³/mol. The van der Waals surface area contributed by atoms with E-state index in [2.05, 4.69) is 5.32 Å². The van der Waals surface area contributed by atoms with Crippen LogP contribution in [0.2, 0.25) is 0 Å².